The summed E-state index contributed by atoms with van der Waals surface area (Å²) < 4.78 is 9.53. The summed E-state index contributed by atoms with van der Waals surface area (Å²) in [4.78, 5) is 11.1. The van der Waals surface area contributed by atoms with Crippen LogP contribution in [0.2, 0.25) is 0 Å². The van der Waals surface area contributed by atoms with E-state index in [4.69, 9.17) is 10.00 Å². The minimum Gasteiger partial charge on any atom is -0.465 e. The van der Waals surface area contributed by atoms with Crippen LogP contribution < -0.4 is 5.32 Å². The van der Waals surface area contributed by atoms with Crippen molar-refractivity contribution >= 4 is 5.97 Å². The Morgan fingerprint density at radius 3 is 2.79 bits per heavy atom. The number of hydrogen-bond acceptors (Lipinski definition) is 5. The summed E-state index contributed by atoms with van der Waals surface area (Å²) in [5, 5.41) is 11.7. The zero-order valence-corrected chi connectivity index (χ0v) is 8.16. The van der Waals surface area contributed by atoms with E-state index in [0.717, 1.165) is 6.42 Å². The SMILES string of the molecule is COC(=O)/C(C#N)=C1/CCC(OC)N1. The van der Waals surface area contributed by atoms with Gasteiger partial charge in [-0.2, -0.15) is 5.26 Å². The average molecular weight is 196 g/mol. The number of nitrogens with zero attached hydrogens (tertiary/aromatic N) is 1. The van der Waals surface area contributed by atoms with E-state index in [9.17, 15) is 4.79 Å². The van der Waals surface area contributed by atoms with Crippen LogP contribution >= 0.6 is 0 Å². The molecule has 0 aromatic heterocycles. The highest BCUT2D eigenvalue weighted by Crippen LogP contribution is 2.19. The van der Waals surface area contributed by atoms with E-state index in [2.05, 4.69) is 10.1 Å². The van der Waals surface area contributed by atoms with Gasteiger partial charge < -0.3 is 14.8 Å². The largest absolute Gasteiger partial charge is 0.465 e. The second-order valence-corrected chi connectivity index (χ2v) is 2.86. The van der Waals surface area contributed by atoms with E-state index < -0.39 is 5.97 Å². The van der Waals surface area contributed by atoms with Crippen LogP contribution in [0, 0.1) is 11.3 Å². The van der Waals surface area contributed by atoms with Crippen LogP contribution in [0.1, 0.15) is 12.8 Å². The molecule has 0 amide bonds. The van der Waals surface area contributed by atoms with Crippen molar-refractivity contribution < 1.29 is 14.3 Å². The molecule has 1 fully saturated rings. The molecule has 0 aromatic carbocycles. The van der Waals surface area contributed by atoms with E-state index >= 15 is 0 Å². The molecule has 5 heteroatoms. The number of carbonyl (C=O) groups is 1. The Balaban J connectivity index is 2.82. The Bertz CT molecular complexity index is 304. The quantitative estimate of drug-likeness (QED) is 0.390. The van der Waals surface area contributed by atoms with Crippen LogP contribution in [-0.2, 0) is 14.3 Å². The van der Waals surface area contributed by atoms with Crippen LogP contribution in [0.25, 0.3) is 0 Å². The standard InChI is InChI=1S/C9H12N2O3/c1-13-8-4-3-7(11-8)6(5-10)9(12)14-2/h8,11H,3-4H2,1-2H3/b7-6-. The maximum Gasteiger partial charge on any atom is 0.350 e. The Morgan fingerprint density at radius 2 is 2.36 bits per heavy atom. The summed E-state index contributed by atoms with van der Waals surface area (Å²) >= 11 is 0. The van der Waals surface area contributed by atoms with Gasteiger partial charge in [0, 0.05) is 12.8 Å². The van der Waals surface area contributed by atoms with Crippen molar-refractivity contribution in [2.24, 2.45) is 0 Å². The highest BCUT2D eigenvalue weighted by molar-refractivity contribution is 5.93. The van der Waals surface area contributed by atoms with Crippen molar-refractivity contribution in [2.75, 3.05) is 14.2 Å². The Kier molecular flexibility index (Phi) is 3.48. The van der Waals surface area contributed by atoms with Crippen LogP contribution in [0.15, 0.2) is 11.3 Å². The van der Waals surface area contributed by atoms with E-state index in [1.807, 2.05) is 6.07 Å². The Morgan fingerprint density at radius 1 is 1.64 bits per heavy atom. The molecule has 1 saturated heterocycles. The van der Waals surface area contributed by atoms with E-state index in [1.54, 1.807) is 7.11 Å². The summed E-state index contributed by atoms with van der Waals surface area (Å²) in [6, 6.07) is 1.83. The second kappa shape index (κ2) is 4.63. The maximum atomic E-state index is 11.1. The number of nitriles is 1. The fourth-order valence-corrected chi connectivity index (χ4v) is 1.33. The number of nitrogens with one attached hydrogen (secondary N) is 1. The average Bonchev–Trinajstić information content (AvgIpc) is 2.67. The summed E-state index contributed by atoms with van der Waals surface area (Å²) in [6.45, 7) is 0. The van der Waals surface area contributed by atoms with Gasteiger partial charge >= 0.3 is 5.97 Å². The zero-order valence-electron chi connectivity index (χ0n) is 8.16. The molecule has 76 valence electrons. The van der Waals surface area contributed by atoms with Gasteiger partial charge in [0.05, 0.1) is 7.11 Å². The highest BCUT2D eigenvalue weighted by atomic mass is 16.5. The van der Waals surface area contributed by atoms with Gasteiger partial charge in [-0.25, -0.2) is 4.79 Å². The lowest BCUT2D eigenvalue weighted by molar-refractivity contribution is -0.135. The van der Waals surface area contributed by atoms with Gasteiger partial charge in [0.2, 0.25) is 0 Å². The molecule has 5 nitrogen and oxygen atoms in total. The van der Waals surface area contributed by atoms with Gasteiger partial charge in [-0.1, -0.05) is 0 Å². The molecule has 1 aliphatic heterocycles. The molecule has 0 spiro atoms. The lowest BCUT2D eigenvalue weighted by Gasteiger charge is -2.08. The fourth-order valence-electron chi connectivity index (χ4n) is 1.33. The molecular formula is C9H12N2O3. The van der Waals surface area contributed by atoms with Gasteiger partial charge in [-0.15, -0.1) is 0 Å². The monoisotopic (exact) mass is 196 g/mol. The third-order valence-electron chi connectivity index (χ3n) is 2.08. The minimum absolute atomic E-state index is 0.0343. The fraction of sp³-hybridized carbons (Fsp3) is 0.556. The van der Waals surface area contributed by atoms with Crippen molar-refractivity contribution in [1.29, 1.82) is 5.26 Å². The molecular weight excluding hydrogens is 184 g/mol. The first kappa shape index (κ1) is 10.5. The van der Waals surface area contributed by atoms with Crippen molar-refractivity contribution in [3.05, 3.63) is 11.3 Å². The van der Waals surface area contributed by atoms with Crippen LogP contribution in [0.5, 0.6) is 0 Å². The van der Waals surface area contributed by atoms with Gasteiger partial charge in [-0.05, 0) is 12.8 Å². The number of esters is 1. The molecule has 1 heterocycles. The summed E-state index contributed by atoms with van der Waals surface area (Å²) in [5.74, 6) is -0.605. The normalized spacial score (nSPS) is 23.6. The predicted octanol–water partition coefficient (Wildman–Crippen LogP) is 0.293. The molecule has 1 aliphatic rings. The third kappa shape index (κ3) is 2.03. The van der Waals surface area contributed by atoms with E-state index in [-0.39, 0.29) is 11.8 Å². The van der Waals surface area contributed by atoms with Crippen molar-refractivity contribution in [1.82, 2.24) is 5.32 Å². The van der Waals surface area contributed by atoms with Gasteiger partial charge in [0.1, 0.15) is 12.3 Å². The summed E-state index contributed by atoms with van der Waals surface area (Å²) in [5.41, 5.74) is 0.637. The first-order chi connectivity index (χ1) is 6.72. The first-order valence-electron chi connectivity index (χ1n) is 4.23. The van der Waals surface area contributed by atoms with Crippen molar-refractivity contribution in [3.63, 3.8) is 0 Å². The topological polar surface area (TPSA) is 71.4 Å². The Labute approximate surface area is 82.3 Å². The van der Waals surface area contributed by atoms with Crippen molar-refractivity contribution in [3.8, 4) is 6.07 Å². The zero-order chi connectivity index (χ0) is 10.6. The van der Waals surface area contributed by atoms with Crippen molar-refractivity contribution in [2.45, 2.75) is 19.1 Å². The first-order valence-corrected chi connectivity index (χ1v) is 4.23. The number of hydrogen-bond donors (Lipinski definition) is 1. The number of rotatable bonds is 2. The lowest BCUT2D eigenvalue weighted by atomic mass is 10.2. The van der Waals surface area contributed by atoms with Crippen LogP contribution in [0.4, 0.5) is 0 Å². The molecule has 0 aromatic rings. The molecule has 0 aliphatic carbocycles. The molecule has 1 rings (SSSR count). The molecule has 14 heavy (non-hydrogen) atoms. The molecule has 0 bridgehead atoms. The summed E-state index contributed by atoms with van der Waals surface area (Å²) in [6.07, 6.45) is 1.28. The molecule has 1 N–H and O–H groups in total. The molecule has 0 radical (unpaired) electrons. The third-order valence-corrected chi connectivity index (χ3v) is 2.08. The van der Waals surface area contributed by atoms with E-state index in [1.165, 1.54) is 7.11 Å². The smallest absolute Gasteiger partial charge is 0.350 e. The number of carbonyl (C=O) groups excluding carboxylic acids is 1. The number of allylic oxidation sites excluding steroid dienone is 1. The second-order valence-electron chi connectivity index (χ2n) is 2.86. The van der Waals surface area contributed by atoms with Crippen LogP contribution in [-0.4, -0.2) is 26.4 Å². The van der Waals surface area contributed by atoms with Gasteiger partial charge in [-0.3, -0.25) is 0 Å². The lowest BCUT2D eigenvalue weighted by Crippen LogP contribution is -2.23. The molecule has 1 unspecified atom stereocenters. The molecule has 0 saturated carbocycles. The summed E-state index contributed by atoms with van der Waals surface area (Å²) in [7, 11) is 2.83. The highest BCUT2D eigenvalue weighted by Gasteiger charge is 2.24. The van der Waals surface area contributed by atoms with Crippen LogP contribution in [0.3, 0.4) is 0 Å². The number of methoxy groups -OCH3 is 2. The predicted molar refractivity (Wildman–Crippen MR) is 47.8 cm³/mol. The maximum absolute atomic E-state index is 11.1. The van der Waals surface area contributed by atoms with Gasteiger partial charge in [0.15, 0.2) is 5.57 Å². The Hall–Kier alpha value is -1.54. The van der Waals surface area contributed by atoms with E-state index in [0.29, 0.717) is 12.1 Å². The minimum atomic E-state index is -0.605. The van der Waals surface area contributed by atoms with Gasteiger partial charge in [0.25, 0.3) is 0 Å². The molecule has 1 atom stereocenters. The number of ether oxygens (including phenoxy) is 2.